The second kappa shape index (κ2) is 5.34. The molecule has 4 nitrogen and oxygen atoms in total. The Bertz CT molecular complexity index is 295. The zero-order valence-electron chi connectivity index (χ0n) is 8.06. The largest absolute Gasteiger partial charge is 0.490 e. The SMILES string of the molecule is CCC(=O)c1ccc(OCCO)cn1. The van der Waals surface area contributed by atoms with Gasteiger partial charge in [-0.25, -0.2) is 4.98 Å². The number of aliphatic hydroxyl groups is 1. The lowest BCUT2D eigenvalue weighted by atomic mass is 10.2. The molecule has 0 saturated carbocycles. The number of ketones is 1. The van der Waals surface area contributed by atoms with Crippen molar-refractivity contribution in [3.8, 4) is 5.75 Å². The number of aliphatic hydroxyl groups excluding tert-OH is 1. The van der Waals surface area contributed by atoms with Gasteiger partial charge in [-0.15, -0.1) is 0 Å². The molecular weight excluding hydrogens is 182 g/mol. The van der Waals surface area contributed by atoms with Gasteiger partial charge in [0, 0.05) is 6.42 Å². The van der Waals surface area contributed by atoms with Crippen molar-refractivity contribution in [2.75, 3.05) is 13.2 Å². The summed E-state index contributed by atoms with van der Waals surface area (Å²) in [4.78, 5) is 15.1. The van der Waals surface area contributed by atoms with Crippen molar-refractivity contribution >= 4 is 5.78 Å². The third kappa shape index (κ3) is 2.81. The van der Waals surface area contributed by atoms with E-state index >= 15 is 0 Å². The molecule has 0 bridgehead atoms. The van der Waals surface area contributed by atoms with Crippen LogP contribution in [0.25, 0.3) is 0 Å². The lowest BCUT2D eigenvalue weighted by Gasteiger charge is -2.03. The van der Waals surface area contributed by atoms with Gasteiger partial charge >= 0.3 is 0 Å². The lowest BCUT2D eigenvalue weighted by Crippen LogP contribution is -2.04. The average molecular weight is 195 g/mol. The Kier molecular flexibility index (Phi) is 4.07. The molecule has 0 saturated heterocycles. The summed E-state index contributed by atoms with van der Waals surface area (Å²) in [5, 5.41) is 8.51. The number of carbonyl (C=O) groups excluding carboxylic acids is 1. The molecule has 1 aromatic heterocycles. The molecule has 4 heteroatoms. The monoisotopic (exact) mass is 195 g/mol. The zero-order valence-corrected chi connectivity index (χ0v) is 8.06. The van der Waals surface area contributed by atoms with Crippen LogP contribution in [0.5, 0.6) is 5.75 Å². The highest BCUT2D eigenvalue weighted by Crippen LogP contribution is 2.09. The lowest BCUT2D eigenvalue weighted by molar-refractivity contribution is 0.0983. The molecule has 0 fully saturated rings. The van der Waals surface area contributed by atoms with Crippen LogP contribution in [0, 0.1) is 0 Å². The normalized spacial score (nSPS) is 9.86. The van der Waals surface area contributed by atoms with Crippen molar-refractivity contribution in [1.82, 2.24) is 4.98 Å². The first-order valence-corrected chi connectivity index (χ1v) is 4.50. The molecule has 0 atom stereocenters. The van der Waals surface area contributed by atoms with E-state index < -0.39 is 0 Å². The molecule has 0 radical (unpaired) electrons. The highest BCUT2D eigenvalue weighted by Gasteiger charge is 2.03. The van der Waals surface area contributed by atoms with Crippen molar-refractivity contribution < 1.29 is 14.6 Å². The number of rotatable bonds is 5. The molecule has 0 aliphatic carbocycles. The van der Waals surface area contributed by atoms with Crippen LogP contribution in [-0.2, 0) is 0 Å². The molecule has 1 aromatic rings. The minimum Gasteiger partial charge on any atom is -0.490 e. The van der Waals surface area contributed by atoms with Gasteiger partial charge in [0.25, 0.3) is 0 Å². The number of hydrogen-bond donors (Lipinski definition) is 1. The van der Waals surface area contributed by atoms with Crippen LogP contribution in [-0.4, -0.2) is 29.1 Å². The van der Waals surface area contributed by atoms with E-state index in [0.717, 1.165) is 0 Å². The summed E-state index contributed by atoms with van der Waals surface area (Å²) in [5.41, 5.74) is 0.448. The Morgan fingerprint density at radius 2 is 2.36 bits per heavy atom. The number of ether oxygens (including phenoxy) is 1. The van der Waals surface area contributed by atoms with Gasteiger partial charge in [-0.2, -0.15) is 0 Å². The summed E-state index contributed by atoms with van der Waals surface area (Å²) in [6.07, 6.45) is 1.93. The van der Waals surface area contributed by atoms with Gasteiger partial charge in [0.1, 0.15) is 18.1 Å². The smallest absolute Gasteiger partial charge is 0.180 e. The van der Waals surface area contributed by atoms with Crippen LogP contribution < -0.4 is 4.74 Å². The quantitative estimate of drug-likeness (QED) is 0.713. The first-order valence-electron chi connectivity index (χ1n) is 4.50. The van der Waals surface area contributed by atoms with Gasteiger partial charge in [0.15, 0.2) is 5.78 Å². The van der Waals surface area contributed by atoms with Gasteiger partial charge in [0.05, 0.1) is 12.8 Å². The second-order valence-corrected chi connectivity index (χ2v) is 2.73. The number of pyridine rings is 1. The van der Waals surface area contributed by atoms with Crippen LogP contribution in [0.15, 0.2) is 18.3 Å². The maximum atomic E-state index is 11.2. The third-order valence-electron chi connectivity index (χ3n) is 1.70. The molecule has 1 rings (SSSR count). The summed E-state index contributed by atoms with van der Waals surface area (Å²) in [6, 6.07) is 3.30. The highest BCUT2D eigenvalue weighted by molar-refractivity contribution is 5.93. The minimum atomic E-state index is -0.0321. The molecule has 0 aromatic carbocycles. The van der Waals surface area contributed by atoms with Gasteiger partial charge in [-0.1, -0.05) is 6.92 Å². The third-order valence-corrected chi connectivity index (χ3v) is 1.70. The van der Waals surface area contributed by atoms with Crippen LogP contribution in [0.1, 0.15) is 23.8 Å². The molecule has 0 amide bonds. The molecular formula is C10H13NO3. The van der Waals surface area contributed by atoms with E-state index in [0.29, 0.717) is 17.9 Å². The second-order valence-electron chi connectivity index (χ2n) is 2.73. The maximum Gasteiger partial charge on any atom is 0.180 e. The van der Waals surface area contributed by atoms with Gasteiger partial charge in [0.2, 0.25) is 0 Å². The van der Waals surface area contributed by atoms with E-state index in [1.165, 1.54) is 6.20 Å². The van der Waals surface area contributed by atoms with Gasteiger partial charge < -0.3 is 9.84 Å². The standard InChI is InChI=1S/C10H13NO3/c1-2-10(13)9-4-3-8(7-11-9)14-6-5-12/h3-4,7,12H,2,5-6H2,1H3. The molecule has 0 aliphatic rings. The molecule has 0 spiro atoms. The molecule has 1 N–H and O–H groups in total. The Balaban J connectivity index is 2.63. The first-order chi connectivity index (χ1) is 6.77. The van der Waals surface area contributed by atoms with E-state index in [-0.39, 0.29) is 19.0 Å². The van der Waals surface area contributed by atoms with E-state index in [1.807, 2.05) is 0 Å². The van der Waals surface area contributed by atoms with Crippen molar-refractivity contribution in [2.24, 2.45) is 0 Å². The molecule has 1 heterocycles. The Morgan fingerprint density at radius 1 is 1.57 bits per heavy atom. The maximum absolute atomic E-state index is 11.2. The van der Waals surface area contributed by atoms with Crippen molar-refractivity contribution in [2.45, 2.75) is 13.3 Å². The molecule has 0 unspecified atom stereocenters. The van der Waals surface area contributed by atoms with Crippen molar-refractivity contribution in [3.05, 3.63) is 24.0 Å². The van der Waals surface area contributed by atoms with Gasteiger partial charge in [-0.3, -0.25) is 4.79 Å². The van der Waals surface area contributed by atoms with E-state index in [2.05, 4.69) is 4.98 Å². The summed E-state index contributed by atoms with van der Waals surface area (Å²) < 4.78 is 5.10. The molecule has 0 aliphatic heterocycles. The van der Waals surface area contributed by atoms with Crippen LogP contribution in [0.3, 0.4) is 0 Å². The average Bonchev–Trinajstić information content (AvgIpc) is 2.26. The zero-order chi connectivity index (χ0) is 10.4. The minimum absolute atomic E-state index is 0.0127. The number of carbonyl (C=O) groups is 1. The van der Waals surface area contributed by atoms with E-state index in [4.69, 9.17) is 9.84 Å². The summed E-state index contributed by atoms with van der Waals surface area (Å²) in [5.74, 6) is 0.574. The summed E-state index contributed by atoms with van der Waals surface area (Å²) in [7, 11) is 0. The van der Waals surface area contributed by atoms with E-state index in [1.54, 1.807) is 19.1 Å². The predicted octanol–water partition coefficient (Wildman–Crippen LogP) is 1.05. The first kappa shape index (κ1) is 10.7. The van der Waals surface area contributed by atoms with Crippen LogP contribution >= 0.6 is 0 Å². The number of Topliss-reactive ketones (excluding diaryl/α,β-unsaturated/α-hetero) is 1. The Morgan fingerprint density at radius 3 is 2.86 bits per heavy atom. The number of aromatic nitrogens is 1. The highest BCUT2D eigenvalue weighted by atomic mass is 16.5. The van der Waals surface area contributed by atoms with Crippen molar-refractivity contribution in [3.63, 3.8) is 0 Å². The molecule has 14 heavy (non-hydrogen) atoms. The Hall–Kier alpha value is -1.42. The molecule has 76 valence electrons. The number of nitrogens with zero attached hydrogens (tertiary/aromatic N) is 1. The fourth-order valence-corrected chi connectivity index (χ4v) is 0.975. The predicted molar refractivity (Wildman–Crippen MR) is 51.4 cm³/mol. The van der Waals surface area contributed by atoms with Crippen LogP contribution in [0.2, 0.25) is 0 Å². The Labute approximate surface area is 82.5 Å². The topological polar surface area (TPSA) is 59.4 Å². The fourth-order valence-electron chi connectivity index (χ4n) is 0.975. The fraction of sp³-hybridized carbons (Fsp3) is 0.400. The number of hydrogen-bond acceptors (Lipinski definition) is 4. The summed E-state index contributed by atoms with van der Waals surface area (Å²) in [6.45, 7) is 2.00. The van der Waals surface area contributed by atoms with Crippen LogP contribution in [0.4, 0.5) is 0 Å². The van der Waals surface area contributed by atoms with E-state index in [9.17, 15) is 4.79 Å². The van der Waals surface area contributed by atoms with Gasteiger partial charge in [-0.05, 0) is 12.1 Å². The van der Waals surface area contributed by atoms with Crippen molar-refractivity contribution in [1.29, 1.82) is 0 Å². The summed E-state index contributed by atoms with van der Waals surface area (Å²) >= 11 is 0.